The van der Waals surface area contributed by atoms with Gasteiger partial charge in [0.25, 0.3) is 5.91 Å². The average molecular weight is 296 g/mol. The summed E-state index contributed by atoms with van der Waals surface area (Å²) in [5, 5.41) is 13.9. The zero-order chi connectivity index (χ0) is 14.6. The zero-order valence-corrected chi connectivity index (χ0v) is 13.1. The second kappa shape index (κ2) is 10.5. The highest BCUT2D eigenvalue weighted by atomic mass is 32.2. The fourth-order valence-electron chi connectivity index (χ4n) is 1.64. The van der Waals surface area contributed by atoms with E-state index in [4.69, 9.17) is 0 Å². The number of thioether (sulfide) groups is 1. The third kappa shape index (κ3) is 6.75. The van der Waals surface area contributed by atoms with E-state index in [0.717, 1.165) is 25.8 Å². The first-order valence-corrected chi connectivity index (χ1v) is 8.52. The second-order valence-electron chi connectivity index (χ2n) is 4.54. The maximum absolute atomic E-state index is 11.8. The molecule has 1 rings (SSSR count). The van der Waals surface area contributed by atoms with Crippen molar-refractivity contribution >= 4 is 23.5 Å². The van der Waals surface area contributed by atoms with Crippen LogP contribution in [0.2, 0.25) is 0 Å². The van der Waals surface area contributed by atoms with E-state index >= 15 is 0 Å². The molecule has 1 aromatic rings. The van der Waals surface area contributed by atoms with Gasteiger partial charge in [0.2, 0.25) is 0 Å². The van der Waals surface area contributed by atoms with Gasteiger partial charge in [0.15, 0.2) is 5.69 Å². The van der Waals surface area contributed by atoms with E-state index in [9.17, 15) is 4.79 Å². The molecule has 0 aliphatic carbocycles. The molecule has 112 valence electrons. The van der Waals surface area contributed by atoms with E-state index in [0.29, 0.717) is 18.1 Å². The van der Waals surface area contributed by atoms with Crippen LogP contribution >= 0.6 is 11.8 Å². The summed E-state index contributed by atoms with van der Waals surface area (Å²) in [6.45, 7) is 3.64. The van der Waals surface area contributed by atoms with Crippen LogP contribution in [0.25, 0.3) is 0 Å². The number of hydrogen-bond donors (Lipinski definition) is 2. The van der Waals surface area contributed by atoms with Crippen LogP contribution in [0, 0.1) is 0 Å². The predicted octanol–water partition coefficient (Wildman–Crippen LogP) is 2.56. The topological polar surface area (TPSA) is 66.9 Å². The van der Waals surface area contributed by atoms with Crippen molar-refractivity contribution in [2.24, 2.45) is 0 Å². The predicted molar refractivity (Wildman–Crippen MR) is 85.4 cm³/mol. The molecule has 0 atom stereocenters. The number of unbranched alkanes of at least 4 members (excludes halogenated alkanes) is 2. The first-order chi connectivity index (χ1) is 9.77. The molecular weight excluding hydrogens is 272 g/mol. The van der Waals surface area contributed by atoms with Crippen LogP contribution in [-0.4, -0.2) is 41.2 Å². The third-order valence-electron chi connectivity index (χ3n) is 2.76. The van der Waals surface area contributed by atoms with Gasteiger partial charge in [0.05, 0.1) is 0 Å². The quantitative estimate of drug-likeness (QED) is 0.650. The van der Waals surface area contributed by atoms with Crippen molar-refractivity contribution in [3.05, 3.63) is 17.8 Å². The highest BCUT2D eigenvalue weighted by molar-refractivity contribution is 7.98. The Morgan fingerprint density at radius 1 is 1.20 bits per heavy atom. The Kier molecular flexibility index (Phi) is 8.78. The van der Waals surface area contributed by atoms with Crippen LogP contribution in [0.3, 0.4) is 0 Å². The van der Waals surface area contributed by atoms with Gasteiger partial charge in [-0.1, -0.05) is 13.3 Å². The highest BCUT2D eigenvalue weighted by Crippen LogP contribution is 2.03. The Hall–Kier alpha value is -1.30. The number of anilines is 1. The third-order valence-corrected chi connectivity index (χ3v) is 3.46. The standard InChI is InChI=1S/C14H24N4OS/c1-3-9-15-13-8-7-12(17-18-13)14(19)16-10-5-4-6-11-20-2/h7-8H,3-6,9-11H2,1-2H3,(H,15,18)(H,16,19). The van der Waals surface area contributed by atoms with Crippen LogP contribution in [0.4, 0.5) is 5.82 Å². The molecule has 0 bridgehead atoms. The Bertz CT molecular complexity index is 383. The molecule has 0 aromatic carbocycles. The minimum absolute atomic E-state index is 0.149. The van der Waals surface area contributed by atoms with E-state index in [1.54, 1.807) is 12.1 Å². The van der Waals surface area contributed by atoms with Crippen LogP contribution in [-0.2, 0) is 0 Å². The highest BCUT2D eigenvalue weighted by Gasteiger charge is 2.07. The van der Waals surface area contributed by atoms with E-state index in [-0.39, 0.29) is 5.91 Å². The fraction of sp³-hybridized carbons (Fsp3) is 0.643. The Labute approximate surface area is 125 Å². The maximum Gasteiger partial charge on any atom is 0.271 e. The van der Waals surface area contributed by atoms with Crippen LogP contribution < -0.4 is 10.6 Å². The normalized spacial score (nSPS) is 10.3. The Morgan fingerprint density at radius 3 is 2.70 bits per heavy atom. The SMILES string of the molecule is CCCNc1ccc(C(=O)NCCCCCSC)nn1. The van der Waals surface area contributed by atoms with Gasteiger partial charge in [-0.05, 0) is 43.4 Å². The summed E-state index contributed by atoms with van der Waals surface area (Å²) >= 11 is 1.86. The summed E-state index contributed by atoms with van der Waals surface area (Å²) < 4.78 is 0. The lowest BCUT2D eigenvalue weighted by Gasteiger charge is -2.05. The van der Waals surface area contributed by atoms with Crippen LogP contribution in [0.1, 0.15) is 43.1 Å². The molecule has 0 aliphatic rings. The van der Waals surface area contributed by atoms with Crippen molar-refractivity contribution in [3.63, 3.8) is 0 Å². The van der Waals surface area contributed by atoms with Gasteiger partial charge >= 0.3 is 0 Å². The van der Waals surface area contributed by atoms with Crippen molar-refractivity contribution in [2.75, 3.05) is 30.4 Å². The van der Waals surface area contributed by atoms with E-state index in [1.165, 1.54) is 12.2 Å². The molecule has 0 saturated heterocycles. The summed E-state index contributed by atoms with van der Waals surface area (Å²) in [6, 6.07) is 3.49. The molecule has 1 aromatic heterocycles. The Morgan fingerprint density at radius 2 is 2.05 bits per heavy atom. The molecule has 1 heterocycles. The summed E-state index contributed by atoms with van der Waals surface area (Å²) in [6.07, 6.45) is 6.50. The number of rotatable bonds is 10. The van der Waals surface area contributed by atoms with Crippen LogP contribution in [0.5, 0.6) is 0 Å². The lowest BCUT2D eigenvalue weighted by molar-refractivity contribution is 0.0947. The van der Waals surface area contributed by atoms with Crippen molar-refractivity contribution in [1.82, 2.24) is 15.5 Å². The number of aromatic nitrogens is 2. The number of carbonyl (C=O) groups is 1. The van der Waals surface area contributed by atoms with Crippen LogP contribution in [0.15, 0.2) is 12.1 Å². The van der Waals surface area contributed by atoms with Gasteiger partial charge in [0, 0.05) is 13.1 Å². The zero-order valence-electron chi connectivity index (χ0n) is 12.3. The molecule has 0 radical (unpaired) electrons. The van der Waals surface area contributed by atoms with Gasteiger partial charge in [-0.15, -0.1) is 10.2 Å². The van der Waals surface area contributed by atoms with Gasteiger partial charge in [-0.3, -0.25) is 4.79 Å². The van der Waals surface area contributed by atoms with E-state index < -0.39 is 0 Å². The molecule has 0 fully saturated rings. The first-order valence-electron chi connectivity index (χ1n) is 7.12. The summed E-state index contributed by atoms with van der Waals surface area (Å²) in [7, 11) is 0. The molecule has 2 N–H and O–H groups in total. The fourth-order valence-corrected chi connectivity index (χ4v) is 2.13. The Balaban J connectivity index is 2.25. The van der Waals surface area contributed by atoms with Gasteiger partial charge in [-0.25, -0.2) is 0 Å². The minimum atomic E-state index is -0.149. The van der Waals surface area contributed by atoms with Crippen molar-refractivity contribution in [3.8, 4) is 0 Å². The first kappa shape index (κ1) is 16.8. The number of amides is 1. The molecule has 0 saturated carbocycles. The maximum atomic E-state index is 11.8. The summed E-state index contributed by atoms with van der Waals surface area (Å²) in [4.78, 5) is 11.8. The molecule has 20 heavy (non-hydrogen) atoms. The van der Waals surface area contributed by atoms with E-state index in [2.05, 4.69) is 34.0 Å². The van der Waals surface area contributed by atoms with Gasteiger partial charge < -0.3 is 10.6 Å². The average Bonchev–Trinajstić information content (AvgIpc) is 2.49. The molecule has 0 unspecified atom stereocenters. The van der Waals surface area contributed by atoms with Crippen molar-refractivity contribution in [1.29, 1.82) is 0 Å². The molecule has 0 spiro atoms. The smallest absolute Gasteiger partial charge is 0.271 e. The lowest BCUT2D eigenvalue weighted by atomic mass is 10.2. The lowest BCUT2D eigenvalue weighted by Crippen LogP contribution is -2.25. The van der Waals surface area contributed by atoms with Gasteiger partial charge in [-0.2, -0.15) is 11.8 Å². The summed E-state index contributed by atoms with van der Waals surface area (Å²) in [5.41, 5.74) is 0.371. The van der Waals surface area contributed by atoms with Crippen molar-refractivity contribution in [2.45, 2.75) is 32.6 Å². The number of nitrogens with one attached hydrogen (secondary N) is 2. The molecule has 5 nitrogen and oxygen atoms in total. The largest absolute Gasteiger partial charge is 0.369 e. The second-order valence-corrected chi connectivity index (χ2v) is 5.53. The monoisotopic (exact) mass is 296 g/mol. The number of nitrogens with zero attached hydrogens (tertiary/aromatic N) is 2. The molecular formula is C14H24N4OS. The number of hydrogen-bond acceptors (Lipinski definition) is 5. The summed E-state index contributed by atoms with van der Waals surface area (Å²) in [5.74, 6) is 1.75. The van der Waals surface area contributed by atoms with Crippen molar-refractivity contribution < 1.29 is 4.79 Å². The molecule has 6 heteroatoms. The minimum Gasteiger partial charge on any atom is -0.369 e. The molecule has 1 amide bonds. The van der Waals surface area contributed by atoms with E-state index in [1.807, 2.05) is 11.8 Å². The van der Waals surface area contributed by atoms with Gasteiger partial charge in [0.1, 0.15) is 5.82 Å². The number of carbonyl (C=O) groups excluding carboxylic acids is 1. The molecule has 0 aliphatic heterocycles.